The minimum absolute atomic E-state index is 0.537. The van der Waals surface area contributed by atoms with Crippen molar-refractivity contribution in [2.45, 2.75) is 12.8 Å². The van der Waals surface area contributed by atoms with Crippen molar-refractivity contribution in [2.24, 2.45) is 0 Å². The molecule has 0 saturated carbocycles. The molecule has 80 valence electrons. The summed E-state index contributed by atoms with van der Waals surface area (Å²) in [7, 11) is 0. The highest BCUT2D eigenvalue weighted by Crippen LogP contribution is 2.45. The minimum Gasteiger partial charge on any atom is -0.0542 e. The molecular weight excluding hydrogens is 422 g/mol. The van der Waals surface area contributed by atoms with E-state index in [1.54, 1.807) is 0 Å². The molecule has 0 aliphatic heterocycles. The predicted octanol–water partition coefficient (Wildman–Crippen LogP) is 5.03. The summed E-state index contributed by atoms with van der Waals surface area (Å²) in [5.74, 6) is 0.537. The highest BCUT2D eigenvalue weighted by molar-refractivity contribution is 14.1. The van der Waals surface area contributed by atoms with E-state index >= 15 is 0 Å². The molecular formula is C14H10I2. The summed E-state index contributed by atoms with van der Waals surface area (Å²) < 4.78 is 2.65. The summed E-state index contributed by atoms with van der Waals surface area (Å²) in [6, 6.07) is 13.5. The van der Waals surface area contributed by atoms with Gasteiger partial charge in [0.25, 0.3) is 0 Å². The van der Waals surface area contributed by atoms with Gasteiger partial charge >= 0.3 is 0 Å². The first-order valence-electron chi connectivity index (χ1n) is 5.26. The van der Waals surface area contributed by atoms with Gasteiger partial charge in [-0.2, -0.15) is 0 Å². The van der Waals surface area contributed by atoms with E-state index in [1.807, 2.05) is 0 Å². The van der Waals surface area contributed by atoms with Gasteiger partial charge in [0.15, 0.2) is 0 Å². The molecule has 0 radical (unpaired) electrons. The van der Waals surface area contributed by atoms with Crippen molar-refractivity contribution in [3.05, 3.63) is 54.7 Å². The molecule has 0 bridgehead atoms. The Morgan fingerprint density at radius 3 is 1.69 bits per heavy atom. The van der Waals surface area contributed by atoms with Crippen LogP contribution in [0.5, 0.6) is 0 Å². The molecule has 0 fully saturated rings. The van der Waals surface area contributed by atoms with Gasteiger partial charge < -0.3 is 0 Å². The third-order valence-electron chi connectivity index (χ3n) is 3.25. The second-order valence-electron chi connectivity index (χ2n) is 4.18. The topological polar surface area (TPSA) is 0 Å². The molecule has 1 aliphatic carbocycles. The summed E-state index contributed by atoms with van der Waals surface area (Å²) in [5, 5.41) is 0. The lowest BCUT2D eigenvalue weighted by atomic mass is 10.00. The number of halogens is 2. The molecule has 0 saturated heterocycles. The number of rotatable bonds is 0. The molecule has 0 spiro atoms. The number of hydrogen-bond acceptors (Lipinski definition) is 0. The SMILES string of the molecule is CC1c2cc(I)ccc2-c2ccc(I)cc21. The van der Waals surface area contributed by atoms with Crippen LogP contribution in [-0.2, 0) is 0 Å². The first-order chi connectivity index (χ1) is 7.66. The van der Waals surface area contributed by atoms with Gasteiger partial charge in [0, 0.05) is 13.1 Å². The molecule has 3 rings (SSSR count). The first-order valence-corrected chi connectivity index (χ1v) is 7.42. The number of fused-ring (bicyclic) bond motifs is 3. The van der Waals surface area contributed by atoms with Crippen LogP contribution in [0.4, 0.5) is 0 Å². The fourth-order valence-corrected chi connectivity index (χ4v) is 3.47. The zero-order chi connectivity index (χ0) is 11.3. The summed E-state index contributed by atoms with van der Waals surface area (Å²) in [4.78, 5) is 0. The highest BCUT2D eigenvalue weighted by atomic mass is 127. The van der Waals surface area contributed by atoms with Gasteiger partial charge in [0.1, 0.15) is 0 Å². The van der Waals surface area contributed by atoms with Crippen LogP contribution in [0.2, 0.25) is 0 Å². The van der Waals surface area contributed by atoms with E-state index in [2.05, 4.69) is 88.5 Å². The fraction of sp³-hybridized carbons (Fsp3) is 0.143. The molecule has 0 aromatic heterocycles. The van der Waals surface area contributed by atoms with Gasteiger partial charge in [-0.05, 0) is 91.7 Å². The molecule has 0 unspecified atom stereocenters. The summed E-state index contributed by atoms with van der Waals surface area (Å²) in [6.45, 7) is 2.30. The molecule has 0 atom stereocenters. The number of benzene rings is 2. The van der Waals surface area contributed by atoms with Crippen molar-refractivity contribution >= 4 is 45.2 Å². The van der Waals surface area contributed by atoms with Crippen molar-refractivity contribution < 1.29 is 0 Å². The molecule has 0 amide bonds. The maximum absolute atomic E-state index is 2.39. The van der Waals surface area contributed by atoms with Crippen LogP contribution in [0.25, 0.3) is 11.1 Å². The van der Waals surface area contributed by atoms with Crippen molar-refractivity contribution in [3.63, 3.8) is 0 Å². The molecule has 2 heteroatoms. The lowest BCUT2D eigenvalue weighted by molar-refractivity contribution is 0.954. The Balaban J connectivity index is 2.30. The van der Waals surface area contributed by atoms with E-state index in [9.17, 15) is 0 Å². The van der Waals surface area contributed by atoms with Crippen LogP contribution in [0.1, 0.15) is 24.0 Å². The largest absolute Gasteiger partial charge is 0.0542 e. The molecule has 2 aromatic rings. The Hall–Kier alpha value is -0.100. The summed E-state index contributed by atoms with van der Waals surface area (Å²) in [5.41, 5.74) is 5.78. The maximum atomic E-state index is 2.39. The van der Waals surface area contributed by atoms with Crippen molar-refractivity contribution in [3.8, 4) is 11.1 Å². The third kappa shape index (κ3) is 1.61. The molecule has 16 heavy (non-hydrogen) atoms. The smallest absolute Gasteiger partial charge is 0.0133 e. The third-order valence-corrected chi connectivity index (χ3v) is 4.59. The maximum Gasteiger partial charge on any atom is 0.0133 e. The Morgan fingerprint density at radius 1 is 0.812 bits per heavy atom. The standard InChI is InChI=1S/C14H10I2/c1-8-13-6-9(15)2-4-11(13)12-5-3-10(16)7-14(8)12/h2-8H,1H3. The fourth-order valence-electron chi connectivity index (χ4n) is 2.44. The highest BCUT2D eigenvalue weighted by Gasteiger charge is 2.25. The second-order valence-corrected chi connectivity index (χ2v) is 6.68. The number of hydrogen-bond donors (Lipinski definition) is 0. The average molecular weight is 432 g/mol. The zero-order valence-corrected chi connectivity index (χ0v) is 13.1. The summed E-state index contributed by atoms with van der Waals surface area (Å²) in [6.07, 6.45) is 0. The van der Waals surface area contributed by atoms with Gasteiger partial charge in [-0.15, -0.1) is 0 Å². The molecule has 0 N–H and O–H groups in total. The first kappa shape index (κ1) is 11.0. The van der Waals surface area contributed by atoms with Crippen LogP contribution in [0.3, 0.4) is 0 Å². The van der Waals surface area contributed by atoms with E-state index in [1.165, 1.54) is 29.4 Å². The molecule has 0 heterocycles. The quantitative estimate of drug-likeness (QED) is 0.513. The lowest BCUT2D eigenvalue weighted by Crippen LogP contribution is -1.90. The van der Waals surface area contributed by atoms with E-state index < -0.39 is 0 Å². The van der Waals surface area contributed by atoms with Gasteiger partial charge in [0.2, 0.25) is 0 Å². The van der Waals surface area contributed by atoms with Crippen LogP contribution in [-0.4, -0.2) is 0 Å². The van der Waals surface area contributed by atoms with Crippen molar-refractivity contribution in [1.29, 1.82) is 0 Å². The minimum atomic E-state index is 0.537. The Morgan fingerprint density at radius 2 is 1.25 bits per heavy atom. The van der Waals surface area contributed by atoms with E-state index in [0.29, 0.717) is 5.92 Å². The molecule has 1 aliphatic rings. The second kappa shape index (κ2) is 3.98. The van der Waals surface area contributed by atoms with Crippen LogP contribution in [0.15, 0.2) is 36.4 Å². The lowest BCUT2D eigenvalue weighted by Gasteiger charge is -2.06. The Labute approximate surface area is 123 Å². The van der Waals surface area contributed by atoms with E-state index in [0.717, 1.165) is 0 Å². The van der Waals surface area contributed by atoms with E-state index in [4.69, 9.17) is 0 Å². The van der Waals surface area contributed by atoms with Crippen LogP contribution >= 0.6 is 45.2 Å². The van der Waals surface area contributed by atoms with Gasteiger partial charge in [0.05, 0.1) is 0 Å². The monoisotopic (exact) mass is 432 g/mol. The molecule has 0 nitrogen and oxygen atoms in total. The summed E-state index contributed by atoms with van der Waals surface area (Å²) >= 11 is 4.78. The zero-order valence-electron chi connectivity index (χ0n) is 8.80. The normalized spacial score (nSPS) is 13.7. The van der Waals surface area contributed by atoms with Crippen LogP contribution < -0.4 is 0 Å². The Kier molecular flexibility index (Phi) is 2.74. The average Bonchev–Trinajstić information content (AvgIpc) is 2.53. The molecule has 2 aromatic carbocycles. The van der Waals surface area contributed by atoms with Gasteiger partial charge in [-0.1, -0.05) is 19.1 Å². The van der Waals surface area contributed by atoms with Crippen LogP contribution in [0, 0.1) is 7.14 Å². The van der Waals surface area contributed by atoms with Gasteiger partial charge in [-0.25, -0.2) is 0 Å². The van der Waals surface area contributed by atoms with Crippen molar-refractivity contribution in [1.82, 2.24) is 0 Å². The predicted molar refractivity (Wildman–Crippen MR) is 84.8 cm³/mol. The van der Waals surface area contributed by atoms with E-state index in [-0.39, 0.29) is 0 Å². The van der Waals surface area contributed by atoms with Gasteiger partial charge in [-0.3, -0.25) is 0 Å². The van der Waals surface area contributed by atoms with Crippen molar-refractivity contribution in [2.75, 3.05) is 0 Å². The Bertz CT molecular complexity index is 521.